The molecule has 166 valence electrons. The van der Waals surface area contributed by atoms with Gasteiger partial charge in [-0.3, -0.25) is 14.5 Å². The summed E-state index contributed by atoms with van der Waals surface area (Å²) in [6, 6.07) is 10.1. The van der Waals surface area contributed by atoms with E-state index >= 15 is 0 Å². The number of hydrogen-bond donors (Lipinski definition) is 1. The highest BCUT2D eigenvalue weighted by atomic mass is 19.4. The minimum Gasteiger partial charge on any atom is -0.353 e. The topological polar surface area (TPSA) is 52.7 Å². The lowest BCUT2D eigenvalue weighted by Crippen LogP contribution is -2.56. The second-order valence-electron chi connectivity index (χ2n) is 7.56. The lowest BCUT2D eigenvalue weighted by molar-refractivity contribution is -0.138. The molecule has 1 aliphatic rings. The molecule has 1 saturated heterocycles. The lowest BCUT2D eigenvalue weighted by Gasteiger charge is -2.35. The van der Waals surface area contributed by atoms with E-state index in [-0.39, 0.29) is 30.6 Å². The summed E-state index contributed by atoms with van der Waals surface area (Å²) in [5.41, 5.74) is 0.249. The summed E-state index contributed by atoms with van der Waals surface area (Å²) in [6.45, 7) is 1.21. The van der Waals surface area contributed by atoms with Crippen LogP contribution in [0.3, 0.4) is 0 Å². The Morgan fingerprint density at radius 3 is 2.58 bits per heavy atom. The van der Waals surface area contributed by atoms with Crippen LogP contribution in [-0.2, 0) is 28.9 Å². The second-order valence-corrected chi connectivity index (χ2v) is 7.56. The van der Waals surface area contributed by atoms with Crippen LogP contribution in [0.2, 0.25) is 0 Å². The second kappa shape index (κ2) is 9.47. The summed E-state index contributed by atoms with van der Waals surface area (Å²) in [4.78, 5) is 28.3. The molecule has 2 amide bonds. The number of nitrogens with zero attached hydrogens (tertiary/aromatic N) is 2. The Morgan fingerprint density at radius 2 is 1.87 bits per heavy atom. The van der Waals surface area contributed by atoms with Crippen molar-refractivity contribution in [1.29, 1.82) is 0 Å². The van der Waals surface area contributed by atoms with Crippen LogP contribution in [0.5, 0.6) is 0 Å². The summed E-state index contributed by atoms with van der Waals surface area (Å²) in [6.07, 6.45) is -4.59. The van der Waals surface area contributed by atoms with Crippen molar-refractivity contribution in [3.05, 3.63) is 71.0 Å². The number of carbonyl (C=O) groups excluding carboxylic acids is 2. The maximum atomic E-state index is 13.5. The standard InChI is InChI=1S/C22H23F4N3O2/c1-28(13-15-4-2-6-17(10-15)22(24,25)26)20(30)12-19-21(31)27-8-9-29(19)14-16-5-3-7-18(23)11-16/h2-7,10-11,19H,8-9,12-14H2,1H3,(H,27,31). The zero-order chi connectivity index (χ0) is 22.6. The fourth-order valence-corrected chi connectivity index (χ4v) is 3.57. The molecule has 9 heteroatoms. The van der Waals surface area contributed by atoms with Gasteiger partial charge >= 0.3 is 6.18 Å². The van der Waals surface area contributed by atoms with Gasteiger partial charge in [-0.1, -0.05) is 24.3 Å². The molecule has 1 heterocycles. The minimum absolute atomic E-state index is 0.0129. The van der Waals surface area contributed by atoms with Crippen molar-refractivity contribution in [2.24, 2.45) is 0 Å². The monoisotopic (exact) mass is 437 g/mol. The normalized spacial score (nSPS) is 17.3. The van der Waals surface area contributed by atoms with E-state index in [4.69, 9.17) is 0 Å². The minimum atomic E-state index is -4.46. The summed E-state index contributed by atoms with van der Waals surface area (Å²) >= 11 is 0. The summed E-state index contributed by atoms with van der Waals surface area (Å²) in [5.74, 6) is -1.06. The van der Waals surface area contributed by atoms with Gasteiger partial charge in [0.15, 0.2) is 0 Å². The first-order chi connectivity index (χ1) is 14.6. The summed E-state index contributed by atoms with van der Waals surface area (Å²) < 4.78 is 52.2. The third-order valence-electron chi connectivity index (χ3n) is 5.18. The number of rotatable bonds is 6. The molecule has 1 unspecified atom stereocenters. The molecule has 1 aliphatic heterocycles. The largest absolute Gasteiger partial charge is 0.416 e. The number of alkyl halides is 3. The van der Waals surface area contributed by atoms with E-state index in [0.717, 1.165) is 12.1 Å². The molecule has 2 aromatic rings. The number of piperazine rings is 1. The van der Waals surface area contributed by atoms with Crippen molar-refractivity contribution < 1.29 is 27.2 Å². The molecule has 1 atom stereocenters. The third-order valence-corrected chi connectivity index (χ3v) is 5.18. The fraction of sp³-hybridized carbons (Fsp3) is 0.364. The maximum Gasteiger partial charge on any atom is 0.416 e. The molecule has 0 aliphatic carbocycles. The van der Waals surface area contributed by atoms with E-state index in [1.807, 2.05) is 4.90 Å². The summed E-state index contributed by atoms with van der Waals surface area (Å²) in [5, 5.41) is 2.73. The first-order valence-corrected chi connectivity index (χ1v) is 9.80. The third kappa shape index (κ3) is 6.04. The van der Waals surface area contributed by atoms with Crippen LogP contribution in [0.4, 0.5) is 17.6 Å². The molecule has 31 heavy (non-hydrogen) atoms. The highest BCUT2D eigenvalue weighted by molar-refractivity contribution is 5.88. The number of amides is 2. The average Bonchev–Trinajstić information content (AvgIpc) is 2.70. The Hall–Kier alpha value is -2.94. The van der Waals surface area contributed by atoms with Crippen LogP contribution < -0.4 is 5.32 Å². The van der Waals surface area contributed by atoms with Crippen LogP contribution in [-0.4, -0.2) is 47.8 Å². The van der Waals surface area contributed by atoms with Gasteiger partial charge in [-0.2, -0.15) is 13.2 Å². The predicted octanol–water partition coefficient (Wildman–Crippen LogP) is 3.19. The average molecular weight is 437 g/mol. The molecule has 1 N–H and O–H groups in total. The van der Waals surface area contributed by atoms with E-state index in [1.54, 1.807) is 12.1 Å². The van der Waals surface area contributed by atoms with Gasteiger partial charge in [0.25, 0.3) is 0 Å². The molecule has 0 radical (unpaired) electrons. The Bertz CT molecular complexity index is 948. The predicted molar refractivity (Wildman–Crippen MR) is 106 cm³/mol. The molecule has 0 spiro atoms. The van der Waals surface area contributed by atoms with E-state index in [0.29, 0.717) is 30.8 Å². The number of carbonyl (C=O) groups is 2. The van der Waals surface area contributed by atoms with Crippen molar-refractivity contribution in [3.63, 3.8) is 0 Å². The first-order valence-electron chi connectivity index (χ1n) is 9.80. The zero-order valence-electron chi connectivity index (χ0n) is 17.0. The van der Waals surface area contributed by atoms with Gasteiger partial charge in [0.2, 0.25) is 11.8 Å². The van der Waals surface area contributed by atoms with Crippen molar-refractivity contribution >= 4 is 11.8 Å². The quantitative estimate of drug-likeness (QED) is 0.707. The Kier molecular flexibility index (Phi) is 6.94. The highest BCUT2D eigenvalue weighted by Crippen LogP contribution is 2.29. The molecule has 5 nitrogen and oxygen atoms in total. The maximum absolute atomic E-state index is 13.5. The molecule has 1 fully saturated rings. The summed E-state index contributed by atoms with van der Waals surface area (Å²) in [7, 11) is 1.49. The van der Waals surface area contributed by atoms with Crippen molar-refractivity contribution in [2.45, 2.75) is 31.7 Å². The van der Waals surface area contributed by atoms with Crippen LogP contribution in [0.15, 0.2) is 48.5 Å². The van der Waals surface area contributed by atoms with Gasteiger partial charge in [-0.15, -0.1) is 0 Å². The van der Waals surface area contributed by atoms with E-state index < -0.39 is 17.8 Å². The number of halogens is 4. The van der Waals surface area contributed by atoms with Crippen molar-refractivity contribution in [2.75, 3.05) is 20.1 Å². The van der Waals surface area contributed by atoms with Crippen LogP contribution in [0.25, 0.3) is 0 Å². The smallest absolute Gasteiger partial charge is 0.353 e. The van der Waals surface area contributed by atoms with Gasteiger partial charge in [0.05, 0.1) is 18.0 Å². The van der Waals surface area contributed by atoms with E-state index in [2.05, 4.69) is 5.32 Å². The molecule has 0 aromatic heterocycles. The SMILES string of the molecule is CN(Cc1cccc(C(F)(F)F)c1)C(=O)CC1C(=O)NCCN1Cc1cccc(F)c1. The molecule has 3 rings (SSSR count). The van der Waals surface area contributed by atoms with Gasteiger partial charge in [-0.25, -0.2) is 4.39 Å². The van der Waals surface area contributed by atoms with Gasteiger partial charge < -0.3 is 10.2 Å². The first kappa shape index (κ1) is 22.7. The highest BCUT2D eigenvalue weighted by Gasteiger charge is 2.33. The molecular formula is C22H23F4N3O2. The zero-order valence-corrected chi connectivity index (χ0v) is 17.0. The Morgan fingerprint density at radius 1 is 1.16 bits per heavy atom. The van der Waals surface area contributed by atoms with Gasteiger partial charge in [0.1, 0.15) is 5.82 Å². The van der Waals surface area contributed by atoms with Gasteiger partial charge in [-0.05, 0) is 35.4 Å². The Labute approximate surface area is 177 Å². The Balaban J connectivity index is 1.67. The number of nitrogens with one attached hydrogen (secondary N) is 1. The molecule has 0 saturated carbocycles. The molecule has 0 bridgehead atoms. The number of benzene rings is 2. The fourth-order valence-electron chi connectivity index (χ4n) is 3.57. The molecule has 2 aromatic carbocycles. The lowest BCUT2D eigenvalue weighted by atomic mass is 10.1. The number of hydrogen-bond acceptors (Lipinski definition) is 3. The van der Waals surface area contributed by atoms with Crippen molar-refractivity contribution in [1.82, 2.24) is 15.1 Å². The van der Waals surface area contributed by atoms with Gasteiger partial charge in [0, 0.05) is 33.2 Å². The molecular weight excluding hydrogens is 414 g/mol. The van der Waals surface area contributed by atoms with Crippen LogP contribution >= 0.6 is 0 Å². The van der Waals surface area contributed by atoms with E-state index in [1.165, 1.54) is 36.2 Å². The van der Waals surface area contributed by atoms with Crippen LogP contribution in [0, 0.1) is 5.82 Å². The van der Waals surface area contributed by atoms with E-state index in [9.17, 15) is 27.2 Å². The van der Waals surface area contributed by atoms with Crippen LogP contribution in [0.1, 0.15) is 23.1 Å². The van der Waals surface area contributed by atoms with Crippen molar-refractivity contribution in [3.8, 4) is 0 Å².